The van der Waals surface area contributed by atoms with Gasteiger partial charge in [-0.3, -0.25) is 4.79 Å². The molecule has 3 rings (SSSR count). The van der Waals surface area contributed by atoms with E-state index in [4.69, 9.17) is 4.74 Å². The van der Waals surface area contributed by atoms with E-state index in [1.165, 1.54) is 24.3 Å². The molecular formula is C19H16F2O4S. The van der Waals surface area contributed by atoms with Crippen molar-refractivity contribution < 1.29 is 26.7 Å². The highest BCUT2D eigenvalue weighted by Crippen LogP contribution is 2.41. The molecule has 0 fully saturated rings. The maximum absolute atomic E-state index is 14.3. The van der Waals surface area contributed by atoms with E-state index >= 15 is 0 Å². The number of sulfone groups is 1. The minimum Gasteiger partial charge on any atom is -0.478 e. The summed E-state index contributed by atoms with van der Waals surface area (Å²) in [4.78, 5) is 12.3. The molecule has 1 aliphatic heterocycles. The molecule has 0 amide bonds. The van der Waals surface area contributed by atoms with Crippen molar-refractivity contribution in [3.05, 3.63) is 65.2 Å². The Balaban J connectivity index is 2.22. The fourth-order valence-electron chi connectivity index (χ4n) is 2.81. The molecule has 0 saturated heterocycles. The molecule has 1 heterocycles. The second-order valence-electron chi connectivity index (χ2n) is 6.57. The van der Waals surface area contributed by atoms with Crippen LogP contribution in [0.3, 0.4) is 0 Å². The third kappa shape index (κ3) is 3.14. The smallest absolute Gasteiger partial charge is 0.210 e. The Bertz CT molecular complexity index is 1050. The normalized spacial score (nSPS) is 16.7. The number of carbonyl (C=O) groups excluding carboxylic acids is 1. The monoisotopic (exact) mass is 378 g/mol. The van der Waals surface area contributed by atoms with E-state index < -0.39 is 32.0 Å². The molecule has 0 atom stereocenters. The minimum absolute atomic E-state index is 0.0875. The summed E-state index contributed by atoms with van der Waals surface area (Å²) in [5, 5.41) is 0. The number of benzene rings is 2. The lowest BCUT2D eigenvalue weighted by Gasteiger charge is -2.18. The molecule has 2 aromatic rings. The highest BCUT2D eigenvalue weighted by atomic mass is 32.2. The van der Waals surface area contributed by atoms with Gasteiger partial charge in [-0.15, -0.1) is 0 Å². The second kappa shape index (κ2) is 6.02. The summed E-state index contributed by atoms with van der Waals surface area (Å²) in [7, 11) is -3.73. The lowest BCUT2D eigenvalue weighted by Crippen LogP contribution is -2.29. The standard InChI is InChI=1S/C19H16F2O4S/c1-19(2)18(22)16(11-5-4-6-13(20)9-11)17(25-19)12-7-8-15(14(21)10-12)26(3,23)24/h4-10H,1-3H3. The number of hydrogen-bond donors (Lipinski definition) is 0. The van der Waals surface area contributed by atoms with Gasteiger partial charge < -0.3 is 4.74 Å². The fraction of sp³-hybridized carbons (Fsp3) is 0.211. The van der Waals surface area contributed by atoms with E-state index in [0.29, 0.717) is 5.56 Å². The summed E-state index contributed by atoms with van der Waals surface area (Å²) in [6.07, 6.45) is 0.904. The van der Waals surface area contributed by atoms with Gasteiger partial charge in [0.15, 0.2) is 15.4 Å². The molecule has 26 heavy (non-hydrogen) atoms. The average Bonchev–Trinajstić information content (AvgIpc) is 2.76. The van der Waals surface area contributed by atoms with E-state index in [1.807, 2.05) is 0 Å². The zero-order valence-corrected chi connectivity index (χ0v) is 15.2. The van der Waals surface area contributed by atoms with Crippen LogP contribution in [0.15, 0.2) is 47.4 Å². The Morgan fingerprint density at radius 3 is 2.27 bits per heavy atom. The van der Waals surface area contributed by atoms with Crippen molar-refractivity contribution >= 4 is 27.0 Å². The second-order valence-corrected chi connectivity index (χ2v) is 8.56. The van der Waals surface area contributed by atoms with Crippen molar-refractivity contribution in [1.29, 1.82) is 0 Å². The third-order valence-corrected chi connectivity index (χ3v) is 5.20. The quantitative estimate of drug-likeness (QED) is 0.819. The van der Waals surface area contributed by atoms with Crippen molar-refractivity contribution in [2.45, 2.75) is 24.3 Å². The van der Waals surface area contributed by atoms with Crippen LogP contribution in [-0.2, 0) is 19.4 Å². The van der Waals surface area contributed by atoms with Crippen LogP contribution in [0.1, 0.15) is 25.0 Å². The number of Topliss-reactive ketones (excluding diaryl/α,β-unsaturated/α-hetero) is 1. The Labute approximate surface area is 150 Å². The summed E-state index contributed by atoms with van der Waals surface area (Å²) in [5.74, 6) is -1.75. The molecule has 0 radical (unpaired) electrons. The van der Waals surface area contributed by atoms with Crippen LogP contribution in [0.5, 0.6) is 0 Å². The molecule has 1 aliphatic rings. The zero-order chi connectivity index (χ0) is 19.3. The van der Waals surface area contributed by atoms with E-state index in [9.17, 15) is 22.0 Å². The Morgan fingerprint density at radius 1 is 1.00 bits per heavy atom. The van der Waals surface area contributed by atoms with E-state index in [2.05, 4.69) is 0 Å². The van der Waals surface area contributed by atoms with Crippen molar-refractivity contribution in [1.82, 2.24) is 0 Å². The van der Waals surface area contributed by atoms with Crippen LogP contribution in [0.2, 0.25) is 0 Å². The highest BCUT2D eigenvalue weighted by Gasteiger charge is 2.43. The molecule has 4 nitrogen and oxygen atoms in total. The number of ketones is 1. The topological polar surface area (TPSA) is 60.4 Å². The molecule has 7 heteroatoms. The van der Waals surface area contributed by atoms with E-state index in [0.717, 1.165) is 18.4 Å². The number of ether oxygens (including phenoxy) is 1. The van der Waals surface area contributed by atoms with Crippen molar-refractivity contribution in [2.24, 2.45) is 0 Å². The molecule has 136 valence electrons. The van der Waals surface area contributed by atoms with Crippen molar-refractivity contribution in [3.63, 3.8) is 0 Å². The maximum Gasteiger partial charge on any atom is 0.210 e. The Hall–Kier alpha value is -2.54. The first-order valence-corrected chi connectivity index (χ1v) is 9.64. The third-order valence-electron chi connectivity index (χ3n) is 4.06. The number of rotatable bonds is 3. The van der Waals surface area contributed by atoms with E-state index in [-0.39, 0.29) is 22.7 Å². The average molecular weight is 378 g/mol. The van der Waals surface area contributed by atoms with Crippen LogP contribution in [0.25, 0.3) is 11.3 Å². The van der Waals surface area contributed by atoms with Gasteiger partial charge in [0.2, 0.25) is 5.78 Å². The molecule has 0 spiro atoms. The lowest BCUT2D eigenvalue weighted by atomic mass is 9.92. The van der Waals surface area contributed by atoms with Crippen LogP contribution in [0, 0.1) is 11.6 Å². The summed E-state index contributed by atoms with van der Waals surface area (Å²) in [5.41, 5.74) is -0.569. The van der Waals surface area contributed by atoms with Gasteiger partial charge in [-0.05, 0) is 49.7 Å². The number of halogens is 2. The zero-order valence-electron chi connectivity index (χ0n) is 14.3. The van der Waals surface area contributed by atoms with Gasteiger partial charge >= 0.3 is 0 Å². The van der Waals surface area contributed by atoms with Gasteiger partial charge in [-0.25, -0.2) is 17.2 Å². The fourth-order valence-corrected chi connectivity index (χ4v) is 3.54. The van der Waals surface area contributed by atoms with Crippen molar-refractivity contribution in [3.8, 4) is 0 Å². The largest absolute Gasteiger partial charge is 0.478 e. The van der Waals surface area contributed by atoms with Gasteiger partial charge in [0.05, 0.1) is 5.57 Å². The first-order chi connectivity index (χ1) is 12.0. The number of carbonyl (C=O) groups is 1. The van der Waals surface area contributed by atoms with Crippen molar-refractivity contribution in [2.75, 3.05) is 6.26 Å². The Kier molecular flexibility index (Phi) is 4.23. The molecule has 0 unspecified atom stereocenters. The van der Waals surface area contributed by atoms with Gasteiger partial charge in [0, 0.05) is 11.8 Å². The maximum atomic E-state index is 14.3. The summed E-state index contributed by atoms with van der Waals surface area (Å²) in [6, 6.07) is 8.94. The summed E-state index contributed by atoms with van der Waals surface area (Å²) < 4.78 is 56.8. The molecule has 0 saturated carbocycles. The molecule has 0 aliphatic carbocycles. The summed E-state index contributed by atoms with van der Waals surface area (Å²) >= 11 is 0. The van der Waals surface area contributed by atoms with Crippen LogP contribution >= 0.6 is 0 Å². The van der Waals surface area contributed by atoms with Gasteiger partial charge in [-0.2, -0.15) is 0 Å². The molecule has 0 bridgehead atoms. The highest BCUT2D eigenvalue weighted by molar-refractivity contribution is 7.90. The van der Waals surface area contributed by atoms with Crippen LogP contribution < -0.4 is 0 Å². The number of hydrogen-bond acceptors (Lipinski definition) is 4. The molecule has 0 N–H and O–H groups in total. The summed E-state index contributed by atoms with van der Waals surface area (Å²) in [6.45, 7) is 3.12. The first-order valence-electron chi connectivity index (χ1n) is 7.75. The molecule has 2 aromatic carbocycles. The van der Waals surface area contributed by atoms with E-state index in [1.54, 1.807) is 19.9 Å². The minimum atomic E-state index is -3.73. The van der Waals surface area contributed by atoms with Gasteiger partial charge in [0.25, 0.3) is 0 Å². The van der Waals surface area contributed by atoms with Gasteiger partial charge in [0.1, 0.15) is 22.3 Å². The lowest BCUT2D eigenvalue weighted by molar-refractivity contribution is -0.125. The van der Waals surface area contributed by atoms with Gasteiger partial charge in [-0.1, -0.05) is 12.1 Å². The first kappa shape index (κ1) is 18.3. The molecule has 0 aromatic heterocycles. The SMILES string of the molecule is CC1(C)OC(c2ccc(S(C)(=O)=O)c(F)c2)=C(c2cccc(F)c2)C1=O. The van der Waals surface area contributed by atoms with Crippen LogP contribution in [-0.4, -0.2) is 26.1 Å². The predicted molar refractivity (Wildman–Crippen MR) is 92.9 cm³/mol. The Morgan fingerprint density at radius 2 is 1.69 bits per heavy atom. The van der Waals surface area contributed by atoms with Crippen LogP contribution in [0.4, 0.5) is 8.78 Å². The predicted octanol–water partition coefficient (Wildman–Crippen LogP) is 3.61. The molecular weight excluding hydrogens is 362 g/mol.